The summed E-state index contributed by atoms with van der Waals surface area (Å²) in [6, 6.07) is 4.39. The van der Waals surface area contributed by atoms with Crippen LogP contribution in [0.4, 0.5) is 0 Å². The maximum atomic E-state index is 11.7. The number of carbonyl (C=O) groups excluding carboxylic acids is 2. The molecule has 0 aromatic heterocycles. The maximum Gasteiger partial charge on any atom is 0.338 e. The van der Waals surface area contributed by atoms with Crippen molar-refractivity contribution in [1.82, 2.24) is 0 Å². The van der Waals surface area contributed by atoms with Gasteiger partial charge in [-0.1, -0.05) is 11.6 Å². The van der Waals surface area contributed by atoms with Crippen molar-refractivity contribution in [3.8, 4) is 0 Å². The van der Waals surface area contributed by atoms with E-state index in [1.807, 2.05) is 0 Å². The third-order valence-corrected chi connectivity index (χ3v) is 2.45. The number of hydrogen-bond acceptors (Lipinski definition) is 3. The SMILES string of the molecule is COC(=O)c1cc(Cl)ccc1C(=O)C(C)Cl. The van der Waals surface area contributed by atoms with E-state index in [2.05, 4.69) is 4.74 Å². The Morgan fingerprint density at radius 3 is 2.44 bits per heavy atom. The molecular formula is C11H10Cl2O3. The fraction of sp³-hybridized carbons (Fsp3) is 0.273. The highest BCUT2D eigenvalue weighted by Gasteiger charge is 2.20. The highest BCUT2D eigenvalue weighted by atomic mass is 35.5. The summed E-state index contributed by atoms with van der Waals surface area (Å²) >= 11 is 11.4. The molecule has 16 heavy (non-hydrogen) atoms. The van der Waals surface area contributed by atoms with E-state index < -0.39 is 11.3 Å². The number of ether oxygens (including phenoxy) is 1. The molecule has 0 aliphatic carbocycles. The van der Waals surface area contributed by atoms with E-state index in [9.17, 15) is 9.59 Å². The van der Waals surface area contributed by atoms with Crippen molar-refractivity contribution in [3.63, 3.8) is 0 Å². The Kier molecular flexibility index (Phi) is 4.33. The molecule has 0 aliphatic rings. The summed E-state index contributed by atoms with van der Waals surface area (Å²) in [5.74, 6) is -0.943. The minimum atomic E-state index is -0.704. The van der Waals surface area contributed by atoms with Crippen molar-refractivity contribution < 1.29 is 14.3 Å². The van der Waals surface area contributed by atoms with E-state index in [4.69, 9.17) is 23.2 Å². The van der Waals surface area contributed by atoms with Crippen LogP contribution in [0, 0.1) is 0 Å². The van der Waals surface area contributed by atoms with Gasteiger partial charge in [-0.15, -0.1) is 11.6 Å². The number of alkyl halides is 1. The number of Topliss-reactive ketones (excluding diaryl/α,β-unsaturated/α-hetero) is 1. The summed E-state index contributed by atoms with van der Waals surface area (Å²) in [4.78, 5) is 23.2. The first-order valence-electron chi connectivity index (χ1n) is 4.53. The molecule has 0 saturated heterocycles. The fourth-order valence-corrected chi connectivity index (χ4v) is 1.51. The van der Waals surface area contributed by atoms with Crippen molar-refractivity contribution in [2.24, 2.45) is 0 Å². The number of benzene rings is 1. The van der Waals surface area contributed by atoms with Crippen molar-refractivity contribution in [2.45, 2.75) is 12.3 Å². The van der Waals surface area contributed by atoms with Gasteiger partial charge in [0, 0.05) is 10.6 Å². The normalized spacial score (nSPS) is 12.0. The number of ketones is 1. The second kappa shape index (κ2) is 5.32. The lowest BCUT2D eigenvalue weighted by atomic mass is 10.0. The first kappa shape index (κ1) is 13.0. The van der Waals surface area contributed by atoms with Gasteiger partial charge in [0.1, 0.15) is 0 Å². The second-order valence-electron chi connectivity index (χ2n) is 3.16. The number of rotatable bonds is 3. The van der Waals surface area contributed by atoms with Crippen molar-refractivity contribution >= 4 is 35.0 Å². The van der Waals surface area contributed by atoms with Crippen LogP contribution in [0.5, 0.6) is 0 Å². The van der Waals surface area contributed by atoms with E-state index >= 15 is 0 Å². The smallest absolute Gasteiger partial charge is 0.338 e. The summed E-state index contributed by atoms with van der Waals surface area (Å²) in [5, 5.41) is -0.344. The average Bonchev–Trinajstić information content (AvgIpc) is 2.26. The van der Waals surface area contributed by atoms with Crippen molar-refractivity contribution in [2.75, 3.05) is 7.11 Å². The largest absolute Gasteiger partial charge is 0.465 e. The first-order valence-corrected chi connectivity index (χ1v) is 5.35. The Labute approximate surface area is 103 Å². The van der Waals surface area contributed by atoms with Gasteiger partial charge in [-0.2, -0.15) is 0 Å². The Morgan fingerprint density at radius 2 is 1.94 bits per heavy atom. The van der Waals surface area contributed by atoms with Crippen molar-refractivity contribution in [3.05, 3.63) is 34.3 Å². The van der Waals surface area contributed by atoms with E-state index in [-0.39, 0.29) is 16.9 Å². The number of carbonyl (C=O) groups is 2. The topological polar surface area (TPSA) is 43.4 Å². The van der Waals surface area contributed by atoms with Gasteiger partial charge in [0.25, 0.3) is 0 Å². The molecule has 5 heteroatoms. The number of hydrogen-bond donors (Lipinski definition) is 0. The van der Waals surface area contributed by atoms with Crippen LogP contribution < -0.4 is 0 Å². The zero-order chi connectivity index (χ0) is 12.3. The van der Waals surface area contributed by atoms with Crippen LogP contribution in [0.2, 0.25) is 5.02 Å². The monoisotopic (exact) mass is 260 g/mol. The minimum absolute atomic E-state index is 0.132. The van der Waals surface area contributed by atoms with Crippen LogP contribution in [0.3, 0.4) is 0 Å². The fourth-order valence-electron chi connectivity index (χ4n) is 1.22. The molecule has 0 fully saturated rings. The lowest BCUT2D eigenvalue weighted by Gasteiger charge is -2.08. The van der Waals surface area contributed by atoms with E-state index in [0.29, 0.717) is 5.02 Å². The van der Waals surface area contributed by atoms with E-state index in [0.717, 1.165) is 0 Å². The van der Waals surface area contributed by atoms with Gasteiger partial charge in [-0.3, -0.25) is 4.79 Å². The van der Waals surface area contributed by atoms with Crippen LogP contribution in [0.1, 0.15) is 27.6 Å². The number of methoxy groups -OCH3 is 1. The Hall–Kier alpha value is -1.06. The number of esters is 1. The molecule has 1 unspecified atom stereocenters. The molecular weight excluding hydrogens is 251 g/mol. The zero-order valence-electron chi connectivity index (χ0n) is 8.79. The second-order valence-corrected chi connectivity index (χ2v) is 4.25. The lowest BCUT2D eigenvalue weighted by Crippen LogP contribution is -2.16. The summed E-state index contributed by atoms with van der Waals surface area (Å²) in [5.41, 5.74) is 0.353. The van der Waals surface area contributed by atoms with Crippen LogP contribution >= 0.6 is 23.2 Å². The summed E-state index contributed by atoms with van der Waals surface area (Å²) in [6.45, 7) is 1.54. The average molecular weight is 261 g/mol. The quantitative estimate of drug-likeness (QED) is 0.477. The molecule has 1 atom stereocenters. The summed E-state index contributed by atoms with van der Waals surface area (Å²) in [6.07, 6.45) is 0. The Balaban J connectivity index is 3.28. The van der Waals surface area contributed by atoms with Gasteiger partial charge < -0.3 is 4.74 Å². The Bertz CT molecular complexity index is 427. The molecule has 0 radical (unpaired) electrons. The highest BCUT2D eigenvalue weighted by Crippen LogP contribution is 2.19. The minimum Gasteiger partial charge on any atom is -0.465 e. The molecule has 0 heterocycles. The molecule has 0 N–H and O–H groups in total. The van der Waals surface area contributed by atoms with Gasteiger partial charge in [0.15, 0.2) is 5.78 Å². The number of halogens is 2. The molecule has 0 aliphatic heterocycles. The van der Waals surface area contributed by atoms with Crippen LogP contribution in [0.15, 0.2) is 18.2 Å². The van der Waals surface area contributed by atoms with Crippen LogP contribution in [-0.4, -0.2) is 24.2 Å². The van der Waals surface area contributed by atoms with Gasteiger partial charge in [-0.05, 0) is 25.1 Å². The zero-order valence-corrected chi connectivity index (χ0v) is 10.3. The van der Waals surface area contributed by atoms with Gasteiger partial charge in [0.2, 0.25) is 0 Å². The first-order chi connectivity index (χ1) is 7.47. The Morgan fingerprint density at radius 1 is 1.31 bits per heavy atom. The molecule has 0 saturated carbocycles. The molecule has 86 valence electrons. The third-order valence-electron chi connectivity index (χ3n) is 2.01. The molecule has 0 bridgehead atoms. The molecule has 0 amide bonds. The predicted molar refractivity (Wildman–Crippen MR) is 62.4 cm³/mol. The van der Waals surface area contributed by atoms with Gasteiger partial charge >= 0.3 is 5.97 Å². The van der Waals surface area contributed by atoms with E-state index in [1.54, 1.807) is 6.92 Å². The summed E-state index contributed by atoms with van der Waals surface area (Å²) < 4.78 is 4.57. The maximum absolute atomic E-state index is 11.7. The van der Waals surface area contributed by atoms with E-state index in [1.165, 1.54) is 25.3 Å². The molecule has 1 aromatic rings. The van der Waals surface area contributed by atoms with Gasteiger partial charge in [-0.25, -0.2) is 4.79 Å². The molecule has 1 rings (SSSR count). The lowest BCUT2D eigenvalue weighted by molar-refractivity contribution is 0.0597. The standard InChI is InChI=1S/C11H10Cl2O3/c1-6(12)10(14)8-4-3-7(13)5-9(8)11(15)16-2/h3-6H,1-2H3. The molecule has 3 nitrogen and oxygen atoms in total. The highest BCUT2D eigenvalue weighted by molar-refractivity contribution is 6.35. The molecule has 1 aromatic carbocycles. The predicted octanol–water partition coefficient (Wildman–Crippen LogP) is 2.94. The third kappa shape index (κ3) is 2.74. The van der Waals surface area contributed by atoms with Crippen LogP contribution in [0.25, 0.3) is 0 Å². The van der Waals surface area contributed by atoms with Crippen LogP contribution in [-0.2, 0) is 4.74 Å². The van der Waals surface area contributed by atoms with Gasteiger partial charge in [0.05, 0.1) is 18.1 Å². The van der Waals surface area contributed by atoms with Crippen molar-refractivity contribution in [1.29, 1.82) is 0 Å². The summed E-state index contributed by atoms with van der Waals surface area (Å²) in [7, 11) is 1.24. The molecule has 0 spiro atoms.